The van der Waals surface area contributed by atoms with Crippen molar-refractivity contribution in [3.8, 4) is 11.3 Å². The Balaban J connectivity index is 1.08. The van der Waals surface area contributed by atoms with Crippen LogP contribution in [0, 0.1) is 5.41 Å². The maximum absolute atomic E-state index is 13.1. The van der Waals surface area contributed by atoms with E-state index in [9.17, 15) is 14.4 Å². The molecule has 3 N–H and O–H groups in total. The molecule has 3 aromatic heterocycles. The van der Waals surface area contributed by atoms with Crippen molar-refractivity contribution in [2.75, 3.05) is 17.6 Å². The van der Waals surface area contributed by atoms with Gasteiger partial charge in [-0.15, -0.1) is 0 Å². The van der Waals surface area contributed by atoms with Crippen LogP contribution in [0.3, 0.4) is 0 Å². The number of nitrogens with two attached hydrogens (primary N) is 1. The van der Waals surface area contributed by atoms with Gasteiger partial charge in [-0.1, -0.05) is 12.1 Å². The number of ketones is 1. The van der Waals surface area contributed by atoms with Crippen molar-refractivity contribution in [1.82, 2.24) is 24.3 Å². The van der Waals surface area contributed by atoms with E-state index in [0.717, 1.165) is 17.8 Å². The summed E-state index contributed by atoms with van der Waals surface area (Å²) in [6.07, 6.45) is 10.3. The summed E-state index contributed by atoms with van der Waals surface area (Å²) in [5, 5.41) is 2.91. The fraction of sp³-hybridized carbons (Fsp3) is 0.355. The monoisotopic (exact) mass is 547 g/mol. The first kappa shape index (κ1) is 24.2. The lowest BCUT2D eigenvalue weighted by molar-refractivity contribution is -0.134. The molecule has 2 saturated heterocycles. The number of hydrogen-bond donors (Lipinski definition) is 2. The molecule has 0 unspecified atom stereocenters. The molecule has 2 aliphatic carbocycles. The number of benzene rings is 1. The Hall–Kier alpha value is -4.60. The Morgan fingerprint density at radius 1 is 0.976 bits per heavy atom. The maximum Gasteiger partial charge on any atom is 0.256 e. The molecule has 4 aromatic rings. The number of carbonyl (C=O) groups excluding carboxylic acids is 3. The molecule has 8 rings (SSSR count). The van der Waals surface area contributed by atoms with E-state index >= 15 is 0 Å². The standard InChI is InChI=1S/C31H29N7O3/c32-27-25-24(18-3-5-19(6-4-18)29(40)35-23-15-20(9-12-33-23)17-1-2-17)36-28(37(25)14-13-34-27)21-7-8-22-26(39)31(10-11-31)30(41)38(22)16-21/h3-6,9,12-15,17,21-22H,1-2,7-8,10-11,16H2,(H2,32,34)(H,33,35,40)/t21-,22+/m1/s1. The lowest BCUT2D eigenvalue weighted by Crippen LogP contribution is -2.43. The first-order valence-corrected chi connectivity index (χ1v) is 14.3. The minimum atomic E-state index is -0.738. The number of fused-ring (bicyclic) bond motifs is 2. The Morgan fingerprint density at radius 2 is 1.76 bits per heavy atom. The minimum absolute atomic E-state index is 0.0113. The highest BCUT2D eigenvalue weighted by molar-refractivity contribution is 6.17. The van der Waals surface area contributed by atoms with E-state index in [2.05, 4.69) is 15.3 Å². The maximum atomic E-state index is 13.1. The highest BCUT2D eigenvalue weighted by atomic mass is 16.2. The zero-order valence-electron chi connectivity index (χ0n) is 22.4. The van der Waals surface area contributed by atoms with Crippen LogP contribution in [-0.2, 0) is 9.59 Å². The van der Waals surface area contributed by atoms with E-state index in [1.54, 1.807) is 29.4 Å². The number of aromatic nitrogens is 4. The molecular formula is C31H29N7O3. The normalized spacial score (nSPS) is 22.8. The van der Waals surface area contributed by atoms with Crippen LogP contribution in [0.25, 0.3) is 16.8 Å². The molecule has 4 fully saturated rings. The van der Waals surface area contributed by atoms with Crippen molar-refractivity contribution < 1.29 is 14.4 Å². The SMILES string of the molecule is Nc1nccn2c([C@@H]3CC[C@H]4C(=O)C5(CC5)C(=O)N4C3)nc(-c3ccc(C(=O)Nc4cc(C5CC5)ccn4)cc3)c12. The van der Waals surface area contributed by atoms with Gasteiger partial charge in [-0.05, 0) is 74.3 Å². The summed E-state index contributed by atoms with van der Waals surface area (Å²) in [4.78, 5) is 54.4. The van der Waals surface area contributed by atoms with Crippen molar-refractivity contribution in [2.45, 2.75) is 56.4 Å². The van der Waals surface area contributed by atoms with Crippen LogP contribution in [-0.4, -0.2) is 54.4 Å². The van der Waals surface area contributed by atoms with Gasteiger partial charge in [-0.25, -0.2) is 15.0 Å². The number of pyridine rings is 1. The molecule has 2 atom stereocenters. The van der Waals surface area contributed by atoms with E-state index in [4.69, 9.17) is 10.7 Å². The molecule has 2 aliphatic heterocycles. The predicted molar refractivity (Wildman–Crippen MR) is 151 cm³/mol. The third-order valence-electron chi connectivity index (χ3n) is 9.25. The number of Topliss-reactive ketones (excluding diaryl/α,β-unsaturated/α-hetero) is 1. The molecule has 1 spiro atoms. The van der Waals surface area contributed by atoms with Crippen LogP contribution < -0.4 is 11.1 Å². The molecule has 41 heavy (non-hydrogen) atoms. The smallest absolute Gasteiger partial charge is 0.256 e. The topological polar surface area (TPSA) is 136 Å². The highest BCUT2D eigenvalue weighted by Crippen LogP contribution is 2.55. The van der Waals surface area contributed by atoms with Gasteiger partial charge < -0.3 is 16.0 Å². The summed E-state index contributed by atoms with van der Waals surface area (Å²) in [6.45, 7) is 0.465. The Labute approximate surface area is 236 Å². The van der Waals surface area contributed by atoms with Gasteiger partial charge in [0.1, 0.15) is 34.1 Å². The minimum Gasteiger partial charge on any atom is -0.382 e. The van der Waals surface area contributed by atoms with Gasteiger partial charge in [0.05, 0.1) is 6.04 Å². The van der Waals surface area contributed by atoms with Crippen molar-refractivity contribution in [2.24, 2.45) is 5.41 Å². The third kappa shape index (κ3) is 3.77. The van der Waals surface area contributed by atoms with Gasteiger partial charge in [0.25, 0.3) is 5.91 Å². The fourth-order valence-electron chi connectivity index (χ4n) is 6.69. The van der Waals surface area contributed by atoms with Gasteiger partial charge >= 0.3 is 0 Å². The van der Waals surface area contributed by atoms with Gasteiger partial charge in [0.15, 0.2) is 5.78 Å². The lowest BCUT2D eigenvalue weighted by atomic mass is 9.90. The largest absolute Gasteiger partial charge is 0.382 e. The van der Waals surface area contributed by atoms with Gasteiger partial charge in [0, 0.05) is 42.2 Å². The number of rotatable bonds is 5. The van der Waals surface area contributed by atoms with Crippen molar-refractivity contribution >= 4 is 34.8 Å². The predicted octanol–water partition coefficient (Wildman–Crippen LogP) is 3.94. The van der Waals surface area contributed by atoms with Crippen molar-refractivity contribution in [3.63, 3.8) is 0 Å². The summed E-state index contributed by atoms with van der Waals surface area (Å²) in [5.74, 6) is 2.10. The fourth-order valence-corrected chi connectivity index (χ4v) is 6.69. The number of amides is 2. The van der Waals surface area contributed by atoms with Crippen LogP contribution >= 0.6 is 0 Å². The van der Waals surface area contributed by atoms with E-state index < -0.39 is 5.41 Å². The molecule has 10 heteroatoms. The second-order valence-corrected chi connectivity index (χ2v) is 11.8. The molecule has 4 aliphatic rings. The second kappa shape index (κ2) is 8.70. The Morgan fingerprint density at radius 3 is 2.51 bits per heavy atom. The number of nitrogens with zero attached hydrogens (tertiary/aromatic N) is 5. The molecule has 10 nitrogen and oxygen atoms in total. The zero-order valence-corrected chi connectivity index (χ0v) is 22.4. The van der Waals surface area contributed by atoms with Crippen LogP contribution in [0.1, 0.15) is 72.1 Å². The molecule has 1 aromatic carbocycles. The summed E-state index contributed by atoms with van der Waals surface area (Å²) in [5.41, 5.74) is 9.49. The lowest BCUT2D eigenvalue weighted by Gasteiger charge is -2.33. The Kier molecular flexibility index (Phi) is 5.14. The van der Waals surface area contributed by atoms with Crippen LogP contribution in [0.5, 0.6) is 0 Å². The number of hydrogen-bond acceptors (Lipinski definition) is 7. The van der Waals surface area contributed by atoms with Crippen LogP contribution in [0.15, 0.2) is 55.0 Å². The summed E-state index contributed by atoms with van der Waals surface area (Å²) in [6, 6.07) is 10.9. The zero-order chi connectivity index (χ0) is 27.9. The molecule has 5 heterocycles. The summed E-state index contributed by atoms with van der Waals surface area (Å²) in [7, 11) is 0. The average Bonchev–Trinajstić information content (AvgIpc) is 3.93. The Bertz CT molecular complexity index is 1750. The van der Waals surface area contributed by atoms with E-state index in [0.29, 0.717) is 60.1 Å². The van der Waals surface area contributed by atoms with E-state index in [1.807, 2.05) is 34.9 Å². The average molecular weight is 548 g/mol. The number of nitrogen functional groups attached to an aromatic ring is 1. The molecule has 206 valence electrons. The van der Waals surface area contributed by atoms with E-state index in [-0.39, 0.29) is 29.6 Å². The molecular weight excluding hydrogens is 518 g/mol. The molecule has 2 saturated carbocycles. The van der Waals surface area contributed by atoms with Crippen molar-refractivity contribution in [3.05, 3.63) is 71.9 Å². The first-order chi connectivity index (χ1) is 19.9. The molecule has 2 amide bonds. The van der Waals surface area contributed by atoms with Gasteiger partial charge in [-0.3, -0.25) is 18.8 Å². The number of piperidine rings is 1. The van der Waals surface area contributed by atoms with E-state index in [1.165, 1.54) is 18.4 Å². The molecule has 0 bridgehead atoms. The van der Waals surface area contributed by atoms with Crippen LogP contribution in [0.2, 0.25) is 0 Å². The summed E-state index contributed by atoms with van der Waals surface area (Å²) >= 11 is 0. The highest BCUT2D eigenvalue weighted by Gasteiger charge is 2.66. The quantitative estimate of drug-likeness (QED) is 0.361. The third-order valence-corrected chi connectivity index (χ3v) is 9.25. The molecule has 0 radical (unpaired) electrons. The number of imidazole rings is 1. The second-order valence-electron chi connectivity index (χ2n) is 11.8. The first-order valence-electron chi connectivity index (χ1n) is 14.3. The number of anilines is 2. The number of nitrogens with one attached hydrogen (secondary N) is 1. The summed E-state index contributed by atoms with van der Waals surface area (Å²) < 4.78 is 1.96. The van der Waals surface area contributed by atoms with Gasteiger partial charge in [-0.2, -0.15) is 0 Å². The van der Waals surface area contributed by atoms with Crippen LogP contribution in [0.4, 0.5) is 11.6 Å². The van der Waals surface area contributed by atoms with Crippen molar-refractivity contribution in [1.29, 1.82) is 0 Å². The number of carbonyl (C=O) groups is 3. The van der Waals surface area contributed by atoms with Gasteiger partial charge in [0.2, 0.25) is 5.91 Å².